The van der Waals surface area contributed by atoms with E-state index in [1.807, 2.05) is 0 Å². The zero-order chi connectivity index (χ0) is 18.9. The van der Waals surface area contributed by atoms with Gasteiger partial charge in [-0.25, -0.2) is 4.68 Å². The maximum absolute atomic E-state index is 12.0. The lowest BCUT2D eigenvalue weighted by Gasteiger charge is -2.24. The highest BCUT2D eigenvalue weighted by atomic mass is 16.2. The third-order valence-corrected chi connectivity index (χ3v) is 4.97. The first-order chi connectivity index (χ1) is 13.2. The number of nitrogens with one attached hydrogen (secondary N) is 1. The lowest BCUT2D eigenvalue weighted by molar-refractivity contribution is -0.122. The van der Waals surface area contributed by atoms with E-state index in [2.05, 4.69) is 44.8 Å². The first-order valence-corrected chi connectivity index (χ1v) is 9.89. The molecular weight excluding hydrogens is 340 g/mol. The van der Waals surface area contributed by atoms with Crippen LogP contribution in [-0.4, -0.2) is 38.9 Å². The minimum absolute atomic E-state index is 0.0896. The first kappa shape index (κ1) is 19.5. The van der Waals surface area contributed by atoms with E-state index in [0.717, 1.165) is 12.1 Å². The maximum atomic E-state index is 12.0. The molecule has 0 atom stereocenters. The van der Waals surface area contributed by atoms with Gasteiger partial charge in [0.1, 0.15) is 6.54 Å². The number of rotatable bonds is 7. The first-order valence-electron chi connectivity index (χ1n) is 9.89. The van der Waals surface area contributed by atoms with E-state index >= 15 is 0 Å². The third kappa shape index (κ3) is 6.45. The predicted octanol–water partition coefficient (Wildman–Crippen LogP) is 1.82. The van der Waals surface area contributed by atoms with Crippen molar-refractivity contribution in [3.8, 4) is 0 Å². The van der Waals surface area contributed by atoms with Crippen LogP contribution in [0.2, 0.25) is 0 Å². The Morgan fingerprint density at radius 2 is 1.70 bits per heavy atom. The van der Waals surface area contributed by atoms with E-state index in [1.54, 1.807) is 6.20 Å². The number of amides is 1. The van der Waals surface area contributed by atoms with E-state index < -0.39 is 0 Å². The molecule has 146 valence electrons. The van der Waals surface area contributed by atoms with Crippen LogP contribution < -0.4 is 11.1 Å². The molecule has 1 aromatic carbocycles. The SMILES string of the molecule is NCc1cn(CC(=O)NCc2ccc(CN3CCCCCCC3)cc2)nn1. The second kappa shape index (κ2) is 10.2. The second-order valence-corrected chi connectivity index (χ2v) is 7.25. The van der Waals surface area contributed by atoms with Gasteiger partial charge in [-0.2, -0.15) is 0 Å². The third-order valence-electron chi connectivity index (χ3n) is 4.97. The van der Waals surface area contributed by atoms with Crippen LogP contribution in [-0.2, 0) is 31.0 Å². The molecule has 0 unspecified atom stereocenters. The summed E-state index contributed by atoms with van der Waals surface area (Å²) in [6, 6.07) is 8.54. The quantitative estimate of drug-likeness (QED) is 0.776. The Bertz CT molecular complexity index is 704. The number of nitrogens with two attached hydrogens (primary N) is 1. The molecule has 3 N–H and O–H groups in total. The summed E-state index contributed by atoms with van der Waals surface area (Å²) in [7, 11) is 0. The Balaban J connectivity index is 1.43. The van der Waals surface area contributed by atoms with Crippen LogP contribution in [0.3, 0.4) is 0 Å². The fraction of sp³-hybridized carbons (Fsp3) is 0.550. The van der Waals surface area contributed by atoms with Crippen molar-refractivity contribution in [2.24, 2.45) is 5.73 Å². The molecule has 7 nitrogen and oxygen atoms in total. The summed E-state index contributed by atoms with van der Waals surface area (Å²) in [6.45, 7) is 4.41. The van der Waals surface area contributed by atoms with Crippen molar-refractivity contribution in [2.45, 2.75) is 58.3 Å². The van der Waals surface area contributed by atoms with Gasteiger partial charge >= 0.3 is 0 Å². The van der Waals surface area contributed by atoms with E-state index in [4.69, 9.17) is 5.73 Å². The number of likely N-dealkylation sites (tertiary alicyclic amines) is 1. The van der Waals surface area contributed by atoms with Crippen LogP contribution in [0.5, 0.6) is 0 Å². The molecule has 1 aromatic heterocycles. The number of aromatic nitrogens is 3. The minimum atomic E-state index is -0.0896. The molecule has 0 saturated carbocycles. The average Bonchev–Trinajstić information content (AvgIpc) is 3.11. The number of hydrogen-bond donors (Lipinski definition) is 2. The van der Waals surface area contributed by atoms with Gasteiger partial charge in [-0.05, 0) is 37.1 Å². The van der Waals surface area contributed by atoms with Gasteiger partial charge in [-0.15, -0.1) is 5.10 Å². The molecule has 1 aliphatic rings. The minimum Gasteiger partial charge on any atom is -0.350 e. The molecule has 2 heterocycles. The standard InChI is InChI=1S/C20H30N6O/c21-12-19-15-26(24-23-19)16-20(27)22-13-17-6-8-18(9-7-17)14-25-10-4-2-1-3-5-11-25/h6-9,15H,1-5,10-14,16,21H2,(H,22,27). The molecule has 1 amide bonds. The van der Waals surface area contributed by atoms with Crippen LogP contribution in [0.4, 0.5) is 0 Å². The van der Waals surface area contributed by atoms with E-state index in [9.17, 15) is 4.79 Å². The molecule has 7 heteroatoms. The van der Waals surface area contributed by atoms with Gasteiger partial charge in [0.25, 0.3) is 0 Å². The molecule has 3 rings (SSSR count). The largest absolute Gasteiger partial charge is 0.350 e. The van der Waals surface area contributed by atoms with Gasteiger partial charge in [-0.1, -0.05) is 48.7 Å². The topological polar surface area (TPSA) is 89.1 Å². The van der Waals surface area contributed by atoms with Crippen molar-refractivity contribution >= 4 is 5.91 Å². The van der Waals surface area contributed by atoms with Crippen LogP contribution in [0.25, 0.3) is 0 Å². The van der Waals surface area contributed by atoms with E-state index in [1.165, 1.54) is 55.4 Å². The molecular formula is C20H30N6O. The van der Waals surface area contributed by atoms with Crippen molar-refractivity contribution in [1.82, 2.24) is 25.2 Å². The highest BCUT2D eigenvalue weighted by Gasteiger charge is 2.09. The van der Waals surface area contributed by atoms with Crippen molar-refractivity contribution in [1.29, 1.82) is 0 Å². The second-order valence-electron chi connectivity index (χ2n) is 7.25. The highest BCUT2D eigenvalue weighted by Crippen LogP contribution is 2.14. The van der Waals surface area contributed by atoms with Crippen LogP contribution in [0.1, 0.15) is 48.9 Å². The fourth-order valence-corrected chi connectivity index (χ4v) is 3.40. The van der Waals surface area contributed by atoms with Crippen LogP contribution >= 0.6 is 0 Å². The molecule has 1 aliphatic heterocycles. The normalized spacial score (nSPS) is 15.9. The van der Waals surface area contributed by atoms with Gasteiger partial charge < -0.3 is 11.1 Å². The fourth-order valence-electron chi connectivity index (χ4n) is 3.40. The molecule has 0 radical (unpaired) electrons. The smallest absolute Gasteiger partial charge is 0.242 e. The molecule has 2 aromatic rings. The number of carbonyl (C=O) groups excluding carboxylic acids is 1. The van der Waals surface area contributed by atoms with Gasteiger partial charge in [0.05, 0.1) is 11.9 Å². The zero-order valence-corrected chi connectivity index (χ0v) is 15.9. The van der Waals surface area contributed by atoms with Crippen molar-refractivity contribution in [3.05, 3.63) is 47.3 Å². The molecule has 0 spiro atoms. The maximum Gasteiger partial charge on any atom is 0.242 e. The summed E-state index contributed by atoms with van der Waals surface area (Å²) < 4.78 is 1.50. The van der Waals surface area contributed by atoms with E-state index in [-0.39, 0.29) is 12.5 Å². The Labute approximate surface area is 160 Å². The molecule has 0 bridgehead atoms. The summed E-state index contributed by atoms with van der Waals surface area (Å²) in [6.07, 6.45) is 8.42. The number of benzene rings is 1. The summed E-state index contributed by atoms with van der Waals surface area (Å²) in [5.41, 5.74) is 8.61. The Morgan fingerprint density at radius 3 is 2.37 bits per heavy atom. The average molecular weight is 371 g/mol. The Morgan fingerprint density at radius 1 is 1.04 bits per heavy atom. The van der Waals surface area contributed by atoms with Crippen molar-refractivity contribution < 1.29 is 4.79 Å². The van der Waals surface area contributed by atoms with Gasteiger partial charge in [0, 0.05) is 19.6 Å². The Kier molecular flexibility index (Phi) is 7.36. The van der Waals surface area contributed by atoms with E-state index in [0.29, 0.717) is 18.8 Å². The van der Waals surface area contributed by atoms with Gasteiger partial charge in [0.2, 0.25) is 5.91 Å². The Hall–Kier alpha value is -2.25. The zero-order valence-electron chi connectivity index (χ0n) is 15.9. The summed E-state index contributed by atoms with van der Waals surface area (Å²) in [5, 5.41) is 10.7. The predicted molar refractivity (Wildman–Crippen MR) is 105 cm³/mol. The lowest BCUT2D eigenvalue weighted by Crippen LogP contribution is -2.27. The van der Waals surface area contributed by atoms with Crippen molar-refractivity contribution in [3.63, 3.8) is 0 Å². The van der Waals surface area contributed by atoms with Gasteiger partial charge in [0.15, 0.2) is 0 Å². The summed E-state index contributed by atoms with van der Waals surface area (Å²) in [4.78, 5) is 14.6. The van der Waals surface area contributed by atoms with Crippen molar-refractivity contribution in [2.75, 3.05) is 13.1 Å². The molecule has 27 heavy (non-hydrogen) atoms. The van der Waals surface area contributed by atoms with Crippen LogP contribution in [0.15, 0.2) is 30.5 Å². The number of nitrogens with zero attached hydrogens (tertiary/aromatic N) is 4. The number of carbonyl (C=O) groups is 1. The number of hydrogen-bond acceptors (Lipinski definition) is 5. The monoisotopic (exact) mass is 370 g/mol. The summed E-state index contributed by atoms with van der Waals surface area (Å²) >= 11 is 0. The summed E-state index contributed by atoms with van der Waals surface area (Å²) in [5.74, 6) is -0.0896. The molecule has 1 saturated heterocycles. The van der Waals surface area contributed by atoms with Crippen LogP contribution in [0, 0.1) is 0 Å². The lowest BCUT2D eigenvalue weighted by atomic mass is 10.1. The van der Waals surface area contributed by atoms with Gasteiger partial charge in [-0.3, -0.25) is 9.69 Å². The molecule has 0 aliphatic carbocycles. The highest BCUT2D eigenvalue weighted by molar-refractivity contribution is 5.75. The molecule has 1 fully saturated rings.